The summed E-state index contributed by atoms with van der Waals surface area (Å²) in [7, 11) is 0. The van der Waals surface area contributed by atoms with Gasteiger partial charge < -0.3 is 5.32 Å². The molecule has 0 saturated carbocycles. The Morgan fingerprint density at radius 3 is 2.93 bits per heavy atom. The van der Waals surface area contributed by atoms with Crippen molar-refractivity contribution >= 4 is 27.6 Å². The molecule has 1 amide bonds. The second kappa shape index (κ2) is 3.77. The van der Waals surface area contributed by atoms with E-state index in [1.54, 1.807) is 19.1 Å². The maximum Gasteiger partial charge on any atom is 0.251 e. The molecule has 1 unspecified atom stereocenters. The van der Waals surface area contributed by atoms with E-state index in [4.69, 9.17) is 0 Å². The first-order valence-electron chi connectivity index (χ1n) is 4.67. The van der Waals surface area contributed by atoms with Gasteiger partial charge in [0, 0.05) is 16.6 Å². The summed E-state index contributed by atoms with van der Waals surface area (Å²) in [6, 6.07) is 5.39. The van der Waals surface area contributed by atoms with Crippen LogP contribution in [-0.2, 0) is 4.79 Å². The minimum atomic E-state index is -0.213. The summed E-state index contributed by atoms with van der Waals surface area (Å²) in [5, 5.41) is 2.71. The Morgan fingerprint density at radius 2 is 2.27 bits per heavy atom. The maximum atomic E-state index is 11.5. The minimum Gasteiger partial charge on any atom is -0.351 e. The van der Waals surface area contributed by atoms with Gasteiger partial charge in [-0.1, -0.05) is 15.9 Å². The SMILES string of the molecule is CC(=O)C1CNC(=O)c2ccc(Br)cc21. The smallest absolute Gasteiger partial charge is 0.251 e. The van der Waals surface area contributed by atoms with Crippen molar-refractivity contribution in [3.8, 4) is 0 Å². The molecular formula is C11H10BrNO2. The van der Waals surface area contributed by atoms with E-state index in [2.05, 4.69) is 21.2 Å². The van der Waals surface area contributed by atoms with E-state index in [1.165, 1.54) is 0 Å². The van der Waals surface area contributed by atoms with Crippen molar-refractivity contribution in [1.82, 2.24) is 5.32 Å². The third-order valence-electron chi connectivity index (χ3n) is 2.59. The van der Waals surface area contributed by atoms with Gasteiger partial charge >= 0.3 is 0 Å². The second-order valence-electron chi connectivity index (χ2n) is 3.60. The topological polar surface area (TPSA) is 46.2 Å². The van der Waals surface area contributed by atoms with Crippen LogP contribution in [0.3, 0.4) is 0 Å². The summed E-state index contributed by atoms with van der Waals surface area (Å²) < 4.78 is 0.891. The summed E-state index contributed by atoms with van der Waals surface area (Å²) in [4.78, 5) is 22.9. The van der Waals surface area contributed by atoms with Gasteiger partial charge in [-0.2, -0.15) is 0 Å². The van der Waals surface area contributed by atoms with Crippen LogP contribution in [0.1, 0.15) is 28.8 Å². The number of benzene rings is 1. The number of nitrogens with one attached hydrogen (secondary N) is 1. The van der Waals surface area contributed by atoms with E-state index in [1.807, 2.05) is 6.07 Å². The highest BCUT2D eigenvalue weighted by molar-refractivity contribution is 9.10. The van der Waals surface area contributed by atoms with Gasteiger partial charge in [-0.25, -0.2) is 0 Å². The monoisotopic (exact) mass is 267 g/mol. The predicted molar refractivity (Wildman–Crippen MR) is 59.9 cm³/mol. The number of amides is 1. The van der Waals surface area contributed by atoms with Crippen molar-refractivity contribution in [2.75, 3.05) is 6.54 Å². The first-order chi connectivity index (χ1) is 7.09. The van der Waals surface area contributed by atoms with Gasteiger partial charge in [0.1, 0.15) is 5.78 Å². The maximum absolute atomic E-state index is 11.5. The predicted octanol–water partition coefficient (Wildman–Crippen LogP) is 1.87. The number of carbonyl (C=O) groups is 2. The summed E-state index contributed by atoms with van der Waals surface area (Å²) in [6.07, 6.45) is 0. The average Bonchev–Trinajstić information content (AvgIpc) is 2.17. The van der Waals surface area contributed by atoms with E-state index in [-0.39, 0.29) is 17.6 Å². The fraction of sp³-hybridized carbons (Fsp3) is 0.273. The Bertz CT molecular complexity index is 442. The van der Waals surface area contributed by atoms with Gasteiger partial charge in [0.05, 0.1) is 5.92 Å². The molecular weight excluding hydrogens is 258 g/mol. The number of ketones is 1. The van der Waals surface area contributed by atoms with Crippen LogP contribution in [-0.4, -0.2) is 18.2 Å². The molecule has 0 spiro atoms. The van der Waals surface area contributed by atoms with E-state index in [9.17, 15) is 9.59 Å². The fourth-order valence-corrected chi connectivity index (χ4v) is 2.17. The van der Waals surface area contributed by atoms with E-state index < -0.39 is 0 Å². The molecule has 15 heavy (non-hydrogen) atoms. The molecule has 1 aromatic rings. The number of halogens is 1. The average molecular weight is 268 g/mol. The number of Topliss-reactive ketones (excluding diaryl/α,β-unsaturated/α-hetero) is 1. The standard InChI is InChI=1S/C11H10BrNO2/c1-6(14)10-5-13-11(15)8-3-2-7(12)4-9(8)10/h2-4,10H,5H2,1H3,(H,13,15). The largest absolute Gasteiger partial charge is 0.351 e. The highest BCUT2D eigenvalue weighted by Gasteiger charge is 2.27. The van der Waals surface area contributed by atoms with Crippen LogP contribution in [0, 0.1) is 0 Å². The fourth-order valence-electron chi connectivity index (χ4n) is 1.79. The lowest BCUT2D eigenvalue weighted by Gasteiger charge is -2.23. The molecule has 1 aliphatic rings. The van der Waals surface area contributed by atoms with E-state index in [0.717, 1.165) is 10.0 Å². The summed E-state index contributed by atoms with van der Waals surface area (Å²) in [6.45, 7) is 1.95. The molecule has 0 radical (unpaired) electrons. The zero-order valence-corrected chi connectivity index (χ0v) is 9.80. The Morgan fingerprint density at radius 1 is 1.53 bits per heavy atom. The van der Waals surface area contributed by atoms with Crippen LogP contribution >= 0.6 is 15.9 Å². The van der Waals surface area contributed by atoms with Gasteiger partial charge in [-0.05, 0) is 30.7 Å². The Kier molecular flexibility index (Phi) is 2.61. The first-order valence-corrected chi connectivity index (χ1v) is 5.47. The number of hydrogen-bond donors (Lipinski definition) is 1. The van der Waals surface area contributed by atoms with Gasteiger partial charge in [-0.15, -0.1) is 0 Å². The lowest BCUT2D eigenvalue weighted by Crippen LogP contribution is -2.37. The molecule has 0 aliphatic carbocycles. The Hall–Kier alpha value is -1.16. The van der Waals surface area contributed by atoms with Crippen molar-refractivity contribution in [1.29, 1.82) is 0 Å². The molecule has 2 rings (SSSR count). The number of fused-ring (bicyclic) bond motifs is 1. The molecule has 1 heterocycles. The molecule has 0 fully saturated rings. The van der Waals surface area contributed by atoms with Gasteiger partial charge in [0.15, 0.2) is 0 Å². The highest BCUT2D eigenvalue weighted by Crippen LogP contribution is 2.27. The molecule has 0 bridgehead atoms. The van der Waals surface area contributed by atoms with Gasteiger partial charge in [0.25, 0.3) is 5.91 Å². The lowest BCUT2D eigenvalue weighted by molar-refractivity contribution is -0.118. The molecule has 3 nitrogen and oxygen atoms in total. The van der Waals surface area contributed by atoms with Crippen molar-refractivity contribution in [2.45, 2.75) is 12.8 Å². The van der Waals surface area contributed by atoms with Crippen LogP contribution in [0.2, 0.25) is 0 Å². The van der Waals surface area contributed by atoms with Crippen LogP contribution in [0.5, 0.6) is 0 Å². The quantitative estimate of drug-likeness (QED) is 0.845. The molecule has 4 heteroatoms. The normalized spacial score (nSPS) is 19.3. The van der Waals surface area contributed by atoms with Crippen LogP contribution in [0.15, 0.2) is 22.7 Å². The zero-order chi connectivity index (χ0) is 11.0. The number of carbonyl (C=O) groups excluding carboxylic acids is 2. The number of hydrogen-bond acceptors (Lipinski definition) is 2. The number of rotatable bonds is 1. The van der Waals surface area contributed by atoms with Gasteiger partial charge in [-0.3, -0.25) is 9.59 Å². The second-order valence-corrected chi connectivity index (χ2v) is 4.52. The first kappa shape index (κ1) is 10.4. The summed E-state index contributed by atoms with van der Waals surface area (Å²) in [5.74, 6) is -0.237. The Labute approximate surface area is 96.0 Å². The van der Waals surface area contributed by atoms with E-state index in [0.29, 0.717) is 12.1 Å². The van der Waals surface area contributed by atoms with Crippen molar-refractivity contribution in [3.63, 3.8) is 0 Å². The highest BCUT2D eigenvalue weighted by atomic mass is 79.9. The van der Waals surface area contributed by atoms with Crippen LogP contribution in [0.25, 0.3) is 0 Å². The summed E-state index contributed by atoms with van der Waals surface area (Å²) in [5.41, 5.74) is 1.42. The van der Waals surface area contributed by atoms with Crippen LogP contribution in [0.4, 0.5) is 0 Å². The molecule has 0 saturated heterocycles. The lowest BCUT2D eigenvalue weighted by atomic mass is 9.88. The third kappa shape index (κ3) is 1.81. The molecule has 1 aromatic carbocycles. The van der Waals surface area contributed by atoms with Crippen molar-refractivity contribution < 1.29 is 9.59 Å². The molecule has 1 aliphatic heterocycles. The van der Waals surface area contributed by atoms with E-state index >= 15 is 0 Å². The molecule has 1 atom stereocenters. The molecule has 1 N–H and O–H groups in total. The zero-order valence-electron chi connectivity index (χ0n) is 8.21. The Balaban J connectivity index is 2.56. The molecule has 0 aromatic heterocycles. The van der Waals surface area contributed by atoms with Crippen molar-refractivity contribution in [3.05, 3.63) is 33.8 Å². The van der Waals surface area contributed by atoms with Crippen LogP contribution < -0.4 is 5.32 Å². The molecule has 78 valence electrons. The minimum absolute atomic E-state index is 0.0781. The third-order valence-corrected chi connectivity index (χ3v) is 3.08. The van der Waals surface area contributed by atoms with Crippen molar-refractivity contribution in [2.24, 2.45) is 0 Å². The summed E-state index contributed by atoms with van der Waals surface area (Å²) >= 11 is 3.34. The van der Waals surface area contributed by atoms with Gasteiger partial charge in [0.2, 0.25) is 0 Å².